The molecule has 0 unspecified atom stereocenters. The molecular formula is C12H9N5. The van der Waals surface area contributed by atoms with Gasteiger partial charge in [-0.2, -0.15) is 15.5 Å². The summed E-state index contributed by atoms with van der Waals surface area (Å²) >= 11 is 0. The summed E-state index contributed by atoms with van der Waals surface area (Å²) in [5, 5.41) is 21.2. The highest BCUT2D eigenvalue weighted by molar-refractivity contribution is 5.95. The minimum absolute atomic E-state index is 0.602. The van der Waals surface area contributed by atoms with Gasteiger partial charge in [0.15, 0.2) is 0 Å². The molecule has 0 aliphatic carbocycles. The SMILES string of the molecule is Cn1cc(-c2n[nH]c3c(C#N)cccc23)cn1. The summed E-state index contributed by atoms with van der Waals surface area (Å²) in [5.41, 5.74) is 3.14. The van der Waals surface area contributed by atoms with Crippen LogP contribution in [-0.2, 0) is 7.05 Å². The molecule has 0 aliphatic rings. The molecule has 2 aromatic heterocycles. The second-order valence-corrected chi connectivity index (χ2v) is 3.81. The molecule has 0 amide bonds. The van der Waals surface area contributed by atoms with Crippen molar-refractivity contribution in [1.29, 1.82) is 5.26 Å². The van der Waals surface area contributed by atoms with Gasteiger partial charge < -0.3 is 0 Å². The van der Waals surface area contributed by atoms with Gasteiger partial charge in [0.05, 0.1) is 17.3 Å². The maximum Gasteiger partial charge on any atom is 0.103 e. The van der Waals surface area contributed by atoms with Crippen molar-refractivity contribution >= 4 is 10.9 Å². The number of aromatic amines is 1. The lowest BCUT2D eigenvalue weighted by Crippen LogP contribution is -1.84. The fraction of sp³-hybridized carbons (Fsp3) is 0.0833. The summed E-state index contributed by atoms with van der Waals surface area (Å²) in [6, 6.07) is 7.72. The molecule has 5 nitrogen and oxygen atoms in total. The van der Waals surface area contributed by atoms with E-state index in [0.29, 0.717) is 5.56 Å². The molecule has 0 aliphatic heterocycles. The topological polar surface area (TPSA) is 70.3 Å². The van der Waals surface area contributed by atoms with E-state index in [0.717, 1.165) is 22.2 Å². The van der Waals surface area contributed by atoms with Crippen LogP contribution in [0, 0.1) is 11.3 Å². The Labute approximate surface area is 97.3 Å². The van der Waals surface area contributed by atoms with E-state index in [-0.39, 0.29) is 0 Å². The van der Waals surface area contributed by atoms with Crippen LogP contribution in [0.15, 0.2) is 30.6 Å². The predicted octanol–water partition coefficient (Wildman–Crippen LogP) is 1.84. The molecule has 0 radical (unpaired) electrons. The van der Waals surface area contributed by atoms with Gasteiger partial charge in [-0.3, -0.25) is 9.78 Å². The van der Waals surface area contributed by atoms with Gasteiger partial charge in [0.1, 0.15) is 11.8 Å². The second-order valence-electron chi connectivity index (χ2n) is 3.81. The van der Waals surface area contributed by atoms with Crippen molar-refractivity contribution in [1.82, 2.24) is 20.0 Å². The van der Waals surface area contributed by atoms with Crippen molar-refractivity contribution in [3.8, 4) is 17.3 Å². The van der Waals surface area contributed by atoms with Crippen LogP contribution in [-0.4, -0.2) is 20.0 Å². The molecule has 2 heterocycles. The minimum Gasteiger partial charge on any atom is -0.276 e. The van der Waals surface area contributed by atoms with Crippen molar-refractivity contribution < 1.29 is 0 Å². The van der Waals surface area contributed by atoms with Crippen LogP contribution < -0.4 is 0 Å². The van der Waals surface area contributed by atoms with Gasteiger partial charge in [0.25, 0.3) is 0 Å². The molecule has 3 rings (SSSR count). The number of hydrogen-bond acceptors (Lipinski definition) is 3. The lowest BCUT2D eigenvalue weighted by atomic mass is 10.1. The summed E-state index contributed by atoms with van der Waals surface area (Å²) in [5.74, 6) is 0. The second kappa shape index (κ2) is 3.46. The highest BCUT2D eigenvalue weighted by Gasteiger charge is 2.11. The van der Waals surface area contributed by atoms with E-state index in [2.05, 4.69) is 21.4 Å². The van der Waals surface area contributed by atoms with Gasteiger partial charge in [-0.1, -0.05) is 12.1 Å². The van der Waals surface area contributed by atoms with Crippen LogP contribution in [0.1, 0.15) is 5.56 Å². The van der Waals surface area contributed by atoms with Gasteiger partial charge in [-0.25, -0.2) is 0 Å². The molecule has 5 heteroatoms. The number of para-hydroxylation sites is 1. The summed E-state index contributed by atoms with van der Waals surface area (Å²) in [7, 11) is 1.86. The summed E-state index contributed by atoms with van der Waals surface area (Å²) in [6.45, 7) is 0. The first kappa shape index (κ1) is 9.60. The van der Waals surface area contributed by atoms with E-state index < -0.39 is 0 Å². The maximum absolute atomic E-state index is 9.01. The number of benzene rings is 1. The lowest BCUT2D eigenvalue weighted by molar-refractivity contribution is 0.768. The van der Waals surface area contributed by atoms with E-state index in [1.54, 1.807) is 16.9 Å². The Kier molecular flexibility index (Phi) is 1.95. The van der Waals surface area contributed by atoms with Crippen LogP contribution in [0.25, 0.3) is 22.2 Å². The molecule has 0 bridgehead atoms. The van der Waals surface area contributed by atoms with Crippen molar-refractivity contribution in [3.05, 3.63) is 36.2 Å². The van der Waals surface area contributed by atoms with Gasteiger partial charge in [-0.15, -0.1) is 0 Å². The van der Waals surface area contributed by atoms with Gasteiger partial charge in [0, 0.05) is 24.2 Å². The van der Waals surface area contributed by atoms with Crippen molar-refractivity contribution in [2.45, 2.75) is 0 Å². The molecular weight excluding hydrogens is 214 g/mol. The molecule has 82 valence electrons. The average molecular weight is 223 g/mol. The standard InChI is InChI=1S/C12H9N5/c1-17-7-9(6-14-17)12-10-4-2-3-8(5-13)11(10)15-16-12/h2-4,6-7H,1H3,(H,15,16). The number of nitrogens with zero attached hydrogens (tertiary/aromatic N) is 4. The third-order valence-corrected chi connectivity index (χ3v) is 2.70. The number of rotatable bonds is 1. The predicted molar refractivity (Wildman–Crippen MR) is 63.0 cm³/mol. The zero-order valence-corrected chi connectivity index (χ0v) is 9.18. The van der Waals surface area contributed by atoms with Gasteiger partial charge in [-0.05, 0) is 6.07 Å². The minimum atomic E-state index is 0.602. The smallest absolute Gasteiger partial charge is 0.103 e. The molecule has 0 saturated heterocycles. The van der Waals surface area contributed by atoms with Crippen LogP contribution >= 0.6 is 0 Å². The van der Waals surface area contributed by atoms with Crippen LogP contribution in [0.4, 0.5) is 0 Å². The molecule has 1 N–H and O–H groups in total. The number of nitriles is 1. The Morgan fingerprint density at radius 3 is 3.00 bits per heavy atom. The first-order valence-electron chi connectivity index (χ1n) is 5.16. The molecule has 0 atom stereocenters. The first-order chi connectivity index (χ1) is 8.29. The number of hydrogen-bond donors (Lipinski definition) is 1. The molecule has 3 aromatic rings. The van der Waals surface area contributed by atoms with Crippen LogP contribution in [0.5, 0.6) is 0 Å². The number of aryl methyl sites for hydroxylation is 1. The summed E-state index contributed by atoms with van der Waals surface area (Å²) < 4.78 is 1.73. The van der Waals surface area contributed by atoms with Crippen molar-refractivity contribution in [3.63, 3.8) is 0 Å². The number of fused-ring (bicyclic) bond motifs is 1. The number of nitrogens with one attached hydrogen (secondary N) is 1. The zero-order valence-electron chi connectivity index (χ0n) is 9.18. The van der Waals surface area contributed by atoms with E-state index in [1.807, 2.05) is 25.4 Å². The Morgan fingerprint density at radius 1 is 1.41 bits per heavy atom. The maximum atomic E-state index is 9.01. The van der Waals surface area contributed by atoms with Crippen molar-refractivity contribution in [2.75, 3.05) is 0 Å². The quantitative estimate of drug-likeness (QED) is 0.684. The van der Waals surface area contributed by atoms with Gasteiger partial charge >= 0.3 is 0 Å². The highest BCUT2D eigenvalue weighted by Crippen LogP contribution is 2.27. The normalized spacial score (nSPS) is 10.6. The molecule has 0 saturated carbocycles. The summed E-state index contributed by atoms with van der Waals surface area (Å²) in [4.78, 5) is 0. The molecule has 0 fully saturated rings. The number of aromatic nitrogens is 4. The third kappa shape index (κ3) is 1.39. The zero-order chi connectivity index (χ0) is 11.8. The van der Waals surface area contributed by atoms with E-state index >= 15 is 0 Å². The Balaban J connectivity index is 2.30. The monoisotopic (exact) mass is 223 g/mol. The number of H-pyrrole nitrogens is 1. The molecule has 0 spiro atoms. The Bertz CT molecular complexity index is 729. The lowest BCUT2D eigenvalue weighted by Gasteiger charge is -1.93. The Hall–Kier alpha value is -2.61. The molecule has 17 heavy (non-hydrogen) atoms. The fourth-order valence-electron chi connectivity index (χ4n) is 1.90. The van der Waals surface area contributed by atoms with Crippen molar-refractivity contribution in [2.24, 2.45) is 7.05 Å². The van der Waals surface area contributed by atoms with Crippen LogP contribution in [0.2, 0.25) is 0 Å². The van der Waals surface area contributed by atoms with E-state index in [1.165, 1.54) is 0 Å². The van der Waals surface area contributed by atoms with Gasteiger partial charge in [0.2, 0.25) is 0 Å². The van der Waals surface area contributed by atoms with E-state index in [9.17, 15) is 0 Å². The fourth-order valence-corrected chi connectivity index (χ4v) is 1.90. The van der Waals surface area contributed by atoms with Crippen LogP contribution in [0.3, 0.4) is 0 Å². The summed E-state index contributed by atoms with van der Waals surface area (Å²) in [6.07, 6.45) is 3.66. The third-order valence-electron chi connectivity index (χ3n) is 2.70. The molecule has 1 aromatic carbocycles. The largest absolute Gasteiger partial charge is 0.276 e. The Morgan fingerprint density at radius 2 is 2.29 bits per heavy atom. The average Bonchev–Trinajstić information content (AvgIpc) is 2.94. The first-order valence-corrected chi connectivity index (χ1v) is 5.16. The highest BCUT2D eigenvalue weighted by atomic mass is 15.2. The van der Waals surface area contributed by atoms with E-state index in [4.69, 9.17) is 5.26 Å².